The number of furan rings is 1. The summed E-state index contributed by atoms with van der Waals surface area (Å²) in [6.07, 6.45) is 1.71. The Morgan fingerprint density at radius 3 is 2.94 bits per heavy atom. The van der Waals surface area contributed by atoms with E-state index in [-0.39, 0.29) is 0 Å². The molecule has 90 valence electrons. The van der Waals surface area contributed by atoms with Crippen molar-refractivity contribution < 1.29 is 9.15 Å². The van der Waals surface area contributed by atoms with Gasteiger partial charge >= 0.3 is 0 Å². The monoisotopic (exact) mass is 248 g/mol. The van der Waals surface area contributed by atoms with Crippen LogP contribution in [0, 0.1) is 6.92 Å². The molecule has 0 saturated carbocycles. The molecule has 1 heterocycles. The van der Waals surface area contributed by atoms with Crippen molar-refractivity contribution in [3.8, 4) is 5.75 Å². The maximum absolute atomic E-state index is 5.65. The summed E-state index contributed by atoms with van der Waals surface area (Å²) < 4.78 is 10.9. The molecule has 0 amide bonds. The van der Waals surface area contributed by atoms with E-state index in [0.717, 1.165) is 29.6 Å². The standard InChI is InChI=1S/C14H16O2S/c1-12-4-2-5-13(10-12)16-8-9-17-11-14-6-3-7-15-14/h2-7,10H,8-9,11H2,1H3. The maximum Gasteiger partial charge on any atom is 0.119 e. The van der Waals surface area contributed by atoms with Crippen LogP contribution in [0.25, 0.3) is 0 Å². The Bertz CT molecular complexity index is 437. The summed E-state index contributed by atoms with van der Waals surface area (Å²) in [5, 5.41) is 0. The summed E-state index contributed by atoms with van der Waals surface area (Å²) in [5.41, 5.74) is 1.23. The molecule has 0 radical (unpaired) electrons. The lowest BCUT2D eigenvalue weighted by atomic mass is 10.2. The van der Waals surface area contributed by atoms with Crippen molar-refractivity contribution in [1.29, 1.82) is 0 Å². The molecule has 17 heavy (non-hydrogen) atoms. The first kappa shape index (κ1) is 12.1. The summed E-state index contributed by atoms with van der Waals surface area (Å²) in [6.45, 7) is 2.80. The minimum atomic E-state index is 0.731. The Kier molecular flexibility index (Phi) is 4.56. The van der Waals surface area contributed by atoms with Crippen LogP contribution in [0.3, 0.4) is 0 Å². The van der Waals surface area contributed by atoms with Gasteiger partial charge in [0.2, 0.25) is 0 Å². The second-order valence-corrected chi connectivity index (χ2v) is 4.90. The van der Waals surface area contributed by atoms with Gasteiger partial charge in [0.15, 0.2) is 0 Å². The topological polar surface area (TPSA) is 22.4 Å². The number of hydrogen-bond acceptors (Lipinski definition) is 3. The molecule has 0 aliphatic carbocycles. The van der Waals surface area contributed by atoms with Crippen molar-refractivity contribution in [2.45, 2.75) is 12.7 Å². The van der Waals surface area contributed by atoms with E-state index in [0.29, 0.717) is 0 Å². The number of rotatable bonds is 6. The van der Waals surface area contributed by atoms with Crippen molar-refractivity contribution in [3.05, 3.63) is 54.0 Å². The van der Waals surface area contributed by atoms with Crippen LogP contribution in [-0.2, 0) is 5.75 Å². The first-order chi connectivity index (χ1) is 8.34. The molecule has 0 atom stereocenters. The van der Waals surface area contributed by atoms with E-state index < -0.39 is 0 Å². The highest BCUT2D eigenvalue weighted by molar-refractivity contribution is 7.98. The summed E-state index contributed by atoms with van der Waals surface area (Å²) >= 11 is 1.82. The van der Waals surface area contributed by atoms with Crippen LogP contribution in [0.5, 0.6) is 5.75 Å². The van der Waals surface area contributed by atoms with Crippen molar-refractivity contribution in [1.82, 2.24) is 0 Å². The molecule has 0 unspecified atom stereocenters. The summed E-state index contributed by atoms with van der Waals surface area (Å²) in [6, 6.07) is 12.0. The van der Waals surface area contributed by atoms with Gasteiger partial charge < -0.3 is 9.15 Å². The van der Waals surface area contributed by atoms with Crippen LogP contribution < -0.4 is 4.74 Å². The fourth-order valence-electron chi connectivity index (χ4n) is 1.49. The third-order valence-corrected chi connectivity index (χ3v) is 3.25. The molecule has 2 aromatic rings. The number of thioether (sulfide) groups is 1. The Balaban J connectivity index is 1.63. The lowest BCUT2D eigenvalue weighted by Crippen LogP contribution is -2.00. The highest BCUT2D eigenvalue weighted by Gasteiger charge is 1.97. The van der Waals surface area contributed by atoms with Crippen LogP contribution >= 0.6 is 11.8 Å². The summed E-state index contributed by atoms with van der Waals surface area (Å²) in [7, 11) is 0. The second-order valence-electron chi connectivity index (χ2n) is 3.80. The molecule has 0 spiro atoms. The van der Waals surface area contributed by atoms with Gasteiger partial charge in [-0.3, -0.25) is 0 Å². The zero-order chi connectivity index (χ0) is 11.9. The van der Waals surface area contributed by atoms with Gasteiger partial charge in [0.25, 0.3) is 0 Å². The van der Waals surface area contributed by atoms with Gasteiger partial charge in [0.05, 0.1) is 18.6 Å². The average Bonchev–Trinajstić information content (AvgIpc) is 2.82. The van der Waals surface area contributed by atoms with Gasteiger partial charge in [0.1, 0.15) is 11.5 Å². The Labute approximate surface area is 106 Å². The average molecular weight is 248 g/mol. The van der Waals surface area contributed by atoms with Gasteiger partial charge in [-0.05, 0) is 36.8 Å². The Morgan fingerprint density at radius 2 is 2.18 bits per heavy atom. The minimum Gasteiger partial charge on any atom is -0.493 e. The summed E-state index contributed by atoms with van der Waals surface area (Å²) in [4.78, 5) is 0. The third-order valence-electron chi connectivity index (χ3n) is 2.31. The number of ether oxygens (including phenoxy) is 1. The molecule has 0 saturated heterocycles. The van der Waals surface area contributed by atoms with Crippen molar-refractivity contribution in [2.75, 3.05) is 12.4 Å². The quantitative estimate of drug-likeness (QED) is 0.724. The van der Waals surface area contributed by atoms with Gasteiger partial charge in [-0.25, -0.2) is 0 Å². The largest absolute Gasteiger partial charge is 0.493 e. The maximum atomic E-state index is 5.65. The molecule has 0 fully saturated rings. The molecule has 1 aromatic heterocycles. The Hall–Kier alpha value is -1.35. The first-order valence-corrected chi connectivity index (χ1v) is 6.79. The molecule has 2 nitrogen and oxygen atoms in total. The van der Waals surface area contributed by atoms with E-state index in [1.165, 1.54) is 5.56 Å². The van der Waals surface area contributed by atoms with Crippen LogP contribution in [0.1, 0.15) is 11.3 Å². The highest BCUT2D eigenvalue weighted by Crippen LogP contribution is 2.15. The number of benzene rings is 1. The fourth-order valence-corrected chi connectivity index (χ4v) is 2.20. The highest BCUT2D eigenvalue weighted by atomic mass is 32.2. The van der Waals surface area contributed by atoms with E-state index in [1.54, 1.807) is 6.26 Å². The predicted molar refractivity (Wildman–Crippen MR) is 71.5 cm³/mol. The molecule has 1 aromatic carbocycles. The van der Waals surface area contributed by atoms with Crippen LogP contribution in [-0.4, -0.2) is 12.4 Å². The van der Waals surface area contributed by atoms with Gasteiger partial charge in [-0.15, -0.1) is 0 Å². The lowest BCUT2D eigenvalue weighted by Gasteiger charge is -2.06. The van der Waals surface area contributed by atoms with E-state index in [2.05, 4.69) is 19.1 Å². The van der Waals surface area contributed by atoms with Crippen molar-refractivity contribution in [2.24, 2.45) is 0 Å². The molecule has 0 aliphatic heterocycles. The van der Waals surface area contributed by atoms with Crippen LogP contribution in [0.4, 0.5) is 0 Å². The molecule has 3 heteroatoms. The van der Waals surface area contributed by atoms with E-state index in [1.807, 2.05) is 36.0 Å². The molecule has 0 N–H and O–H groups in total. The van der Waals surface area contributed by atoms with Crippen molar-refractivity contribution >= 4 is 11.8 Å². The lowest BCUT2D eigenvalue weighted by molar-refractivity contribution is 0.343. The molecular weight excluding hydrogens is 232 g/mol. The van der Waals surface area contributed by atoms with E-state index >= 15 is 0 Å². The molecule has 0 aliphatic rings. The molecule has 2 rings (SSSR count). The third kappa shape index (κ3) is 4.19. The Morgan fingerprint density at radius 1 is 1.24 bits per heavy atom. The van der Waals surface area contributed by atoms with Crippen LogP contribution in [0.2, 0.25) is 0 Å². The predicted octanol–water partition coefficient (Wildman–Crippen LogP) is 3.90. The number of aryl methyl sites for hydroxylation is 1. The smallest absolute Gasteiger partial charge is 0.119 e. The van der Waals surface area contributed by atoms with Crippen LogP contribution in [0.15, 0.2) is 47.1 Å². The van der Waals surface area contributed by atoms with Crippen molar-refractivity contribution in [3.63, 3.8) is 0 Å². The van der Waals surface area contributed by atoms with E-state index in [4.69, 9.17) is 9.15 Å². The fraction of sp³-hybridized carbons (Fsp3) is 0.286. The zero-order valence-electron chi connectivity index (χ0n) is 9.89. The normalized spacial score (nSPS) is 10.4. The summed E-state index contributed by atoms with van der Waals surface area (Å²) in [5.74, 6) is 3.84. The van der Waals surface area contributed by atoms with E-state index in [9.17, 15) is 0 Å². The molecule has 0 bridgehead atoms. The second kappa shape index (κ2) is 6.40. The first-order valence-electron chi connectivity index (χ1n) is 5.64. The SMILES string of the molecule is Cc1cccc(OCCSCc2ccco2)c1. The molecular formula is C14H16O2S. The zero-order valence-corrected chi connectivity index (χ0v) is 10.7. The van der Waals surface area contributed by atoms with Gasteiger partial charge in [-0.2, -0.15) is 11.8 Å². The van der Waals surface area contributed by atoms with Gasteiger partial charge in [-0.1, -0.05) is 12.1 Å². The minimum absolute atomic E-state index is 0.731. The number of hydrogen-bond donors (Lipinski definition) is 0. The van der Waals surface area contributed by atoms with Gasteiger partial charge in [0, 0.05) is 5.75 Å².